The molecule has 6 nitrogen and oxygen atoms in total. The highest BCUT2D eigenvalue weighted by molar-refractivity contribution is 7.92. The Morgan fingerprint density at radius 3 is 2.40 bits per heavy atom. The highest BCUT2D eigenvalue weighted by Crippen LogP contribution is 2.26. The molecule has 1 saturated carbocycles. The van der Waals surface area contributed by atoms with Crippen LogP contribution >= 0.6 is 0 Å². The van der Waals surface area contributed by atoms with E-state index in [1.54, 1.807) is 37.3 Å². The number of carbonyl (C=O) groups excluding carboxylic acids is 1. The fourth-order valence-electron chi connectivity index (χ4n) is 3.87. The molecule has 162 valence electrons. The molecule has 0 aliphatic heterocycles. The van der Waals surface area contributed by atoms with Crippen molar-refractivity contribution in [2.45, 2.75) is 58.1 Å². The zero-order valence-corrected chi connectivity index (χ0v) is 18.6. The van der Waals surface area contributed by atoms with Gasteiger partial charge in [-0.3, -0.25) is 9.10 Å². The first kappa shape index (κ1) is 22.2. The van der Waals surface area contributed by atoms with Crippen LogP contribution in [0.2, 0.25) is 0 Å². The lowest BCUT2D eigenvalue weighted by molar-refractivity contribution is -0.117. The van der Waals surface area contributed by atoms with Crippen molar-refractivity contribution in [3.63, 3.8) is 0 Å². The summed E-state index contributed by atoms with van der Waals surface area (Å²) < 4.78 is 32.2. The molecule has 0 bridgehead atoms. The molecule has 3 rings (SSSR count). The monoisotopic (exact) mass is 430 g/mol. The average Bonchev–Trinajstić information content (AvgIpc) is 3.19. The number of hydrogen-bond donors (Lipinski definition) is 1. The van der Waals surface area contributed by atoms with Gasteiger partial charge in [-0.05, 0) is 81.0 Å². The molecule has 1 fully saturated rings. The summed E-state index contributed by atoms with van der Waals surface area (Å²) in [5.74, 6) is 0.415. The molecule has 1 atom stereocenters. The second kappa shape index (κ2) is 9.51. The fraction of sp³-hybridized carbons (Fsp3) is 0.435. The third-order valence-corrected chi connectivity index (χ3v) is 6.49. The number of amides is 1. The Morgan fingerprint density at radius 2 is 1.83 bits per heavy atom. The van der Waals surface area contributed by atoms with Crippen molar-refractivity contribution >= 4 is 27.3 Å². The summed E-state index contributed by atoms with van der Waals surface area (Å²) in [6.45, 7) is 3.69. The maximum absolute atomic E-state index is 13.0. The molecule has 1 aliphatic carbocycles. The Labute approximate surface area is 179 Å². The first-order valence-electron chi connectivity index (χ1n) is 10.4. The lowest BCUT2D eigenvalue weighted by Crippen LogP contribution is -2.47. The lowest BCUT2D eigenvalue weighted by atomic mass is 10.1. The van der Waals surface area contributed by atoms with Crippen LogP contribution in [0.15, 0.2) is 48.5 Å². The van der Waals surface area contributed by atoms with Crippen LogP contribution in [0, 0.1) is 6.92 Å². The van der Waals surface area contributed by atoms with Gasteiger partial charge in [0.25, 0.3) is 0 Å². The molecule has 1 N–H and O–H groups in total. The van der Waals surface area contributed by atoms with Crippen LogP contribution < -0.4 is 14.4 Å². The lowest BCUT2D eigenvalue weighted by Gasteiger charge is -2.30. The third kappa shape index (κ3) is 5.53. The topological polar surface area (TPSA) is 75.7 Å². The highest BCUT2D eigenvalue weighted by Gasteiger charge is 2.31. The summed E-state index contributed by atoms with van der Waals surface area (Å²) >= 11 is 0. The Bertz CT molecular complexity index is 967. The van der Waals surface area contributed by atoms with Gasteiger partial charge in [-0.15, -0.1) is 0 Å². The van der Waals surface area contributed by atoms with Crippen LogP contribution in [0.3, 0.4) is 0 Å². The summed E-state index contributed by atoms with van der Waals surface area (Å²) in [7, 11) is -3.65. The number of anilines is 2. The van der Waals surface area contributed by atoms with Crippen LogP contribution in [0.4, 0.5) is 11.4 Å². The summed E-state index contributed by atoms with van der Waals surface area (Å²) in [4.78, 5) is 13.0. The molecule has 0 saturated heterocycles. The van der Waals surface area contributed by atoms with E-state index in [0.29, 0.717) is 17.8 Å². The fourth-order valence-corrected chi connectivity index (χ4v) is 5.07. The standard InChI is InChI=1S/C23H30N2O4S/c1-4-22(25(30(3,27)28)19-9-7-8-17(2)16-19)23(26)24-18-12-14-21(15-13-18)29-20-10-5-6-11-20/h7-9,12-16,20,22H,4-6,10-11H2,1-3H3,(H,24,26)/t22-/m0/s1. The van der Waals surface area contributed by atoms with Gasteiger partial charge in [-0.2, -0.15) is 0 Å². The zero-order chi connectivity index (χ0) is 21.7. The quantitative estimate of drug-likeness (QED) is 0.669. The largest absolute Gasteiger partial charge is 0.490 e. The second-order valence-corrected chi connectivity index (χ2v) is 9.72. The van der Waals surface area contributed by atoms with E-state index >= 15 is 0 Å². The van der Waals surface area contributed by atoms with Gasteiger partial charge in [0.05, 0.1) is 18.0 Å². The molecule has 0 unspecified atom stereocenters. The SMILES string of the molecule is CC[C@@H](C(=O)Nc1ccc(OC2CCCC2)cc1)N(c1cccc(C)c1)S(C)(=O)=O. The van der Waals surface area contributed by atoms with Gasteiger partial charge in [0.2, 0.25) is 15.9 Å². The Morgan fingerprint density at radius 1 is 1.17 bits per heavy atom. The van der Waals surface area contributed by atoms with Crippen molar-refractivity contribution in [2.24, 2.45) is 0 Å². The van der Waals surface area contributed by atoms with Crippen LogP contribution in [-0.4, -0.2) is 32.7 Å². The maximum atomic E-state index is 13.0. The van der Waals surface area contributed by atoms with Crippen LogP contribution in [0.5, 0.6) is 5.75 Å². The predicted molar refractivity (Wildman–Crippen MR) is 121 cm³/mol. The van der Waals surface area contributed by atoms with Gasteiger partial charge < -0.3 is 10.1 Å². The van der Waals surface area contributed by atoms with Gasteiger partial charge in [-0.25, -0.2) is 8.42 Å². The molecular weight excluding hydrogens is 400 g/mol. The summed E-state index contributed by atoms with van der Waals surface area (Å²) in [6, 6.07) is 13.5. The molecule has 2 aromatic rings. The van der Waals surface area contributed by atoms with Crippen molar-refractivity contribution in [2.75, 3.05) is 15.9 Å². The third-order valence-electron chi connectivity index (χ3n) is 5.31. The Hall–Kier alpha value is -2.54. The van der Waals surface area contributed by atoms with E-state index in [0.717, 1.165) is 30.4 Å². The molecule has 7 heteroatoms. The zero-order valence-electron chi connectivity index (χ0n) is 17.8. The van der Waals surface area contributed by atoms with Gasteiger partial charge in [0.15, 0.2) is 0 Å². The minimum atomic E-state index is -3.65. The molecule has 0 heterocycles. The van der Waals surface area contributed by atoms with Gasteiger partial charge in [-0.1, -0.05) is 19.1 Å². The predicted octanol–water partition coefficient (Wildman–Crippen LogP) is 4.50. The molecule has 0 spiro atoms. The summed E-state index contributed by atoms with van der Waals surface area (Å²) in [6.07, 6.45) is 6.31. The molecule has 2 aromatic carbocycles. The second-order valence-electron chi connectivity index (χ2n) is 7.86. The van der Waals surface area contributed by atoms with Crippen LogP contribution in [0.1, 0.15) is 44.6 Å². The van der Waals surface area contributed by atoms with Crippen LogP contribution in [-0.2, 0) is 14.8 Å². The number of hydrogen-bond acceptors (Lipinski definition) is 4. The summed E-state index contributed by atoms with van der Waals surface area (Å²) in [5, 5.41) is 2.85. The smallest absolute Gasteiger partial charge is 0.248 e. The summed E-state index contributed by atoms with van der Waals surface area (Å²) in [5.41, 5.74) is 2.02. The van der Waals surface area contributed by atoms with Crippen molar-refractivity contribution in [1.82, 2.24) is 0 Å². The van der Waals surface area contributed by atoms with E-state index in [1.807, 2.05) is 25.1 Å². The number of ether oxygens (including phenoxy) is 1. The molecule has 0 radical (unpaired) electrons. The van der Waals surface area contributed by atoms with E-state index in [2.05, 4.69) is 5.32 Å². The number of carbonyl (C=O) groups is 1. The molecule has 1 amide bonds. The van der Waals surface area contributed by atoms with Gasteiger partial charge in [0, 0.05) is 5.69 Å². The van der Waals surface area contributed by atoms with E-state index in [-0.39, 0.29) is 12.0 Å². The van der Waals surface area contributed by atoms with Crippen molar-refractivity contribution in [1.29, 1.82) is 0 Å². The Kier molecular flexibility index (Phi) is 7.02. The minimum Gasteiger partial charge on any atom is -0.490 e. The van der Waals surface area contributed by atoms with E-state index in [4.69, 9.17) is 4.74 Å². The number of benzene rings is 2. The van der Waals surface area contributed by atoms with Gasteiger partial charge >= 0.3 is 0 Å². The molecule has 30 heavy (non-hydrogen) atoms. The Balaban J connectivity index is 1.75. The number of nitrogens with one attached hydrogen (secondary N) is 1. The number of sulfonamides is 1. The minimum absolute atomic E-state index is 0.271. The van der Waals surface area contributed by atoms with Gasteiger partial charge in [0.1, 0.15) is 11.8 Å². The first-order valence-corrected chi connectivity index (χ1v) is 12.3. The maximum Gasteiger partial charge on any atom is 0.248 e. The molecule has 0 aromatic heterocycles. The van der Waals surface area contributed by atoms with Crippen molar-refractivity contribution < 1.29 is 17.9 Å². The number of aryl methyl sites for hydroxylation is 1. The molecule has 1 aliphatic rings. The normalized spacial score (nSPS) is 15.6. The number of nitrogens with zero attached hydrogens (tertiary/aromatic N) is 1. The van der Waals surface area contributed by atoms with E-state index in [1.165, 1.54) is 17.1 Å². The highest BCUT2D eigenvalue weighted by atomic mass is 32.2. The van der Waals surface area contributed by atoms with Crippen LogP contribution in [0.25, 0.3) is 0 Å². The van der Waals surface area contributed by atoms with Crippen molar-refractivity contribution in [3.05, 3.63) is 54.1 Å². The molecular formula is C23H30N2O4S. The van der Waals surface area contributed by atoms with Crippen molar-refractivity contribution in [3.8, 4) is 5.75 Å². The number of rotatable bonds is 8. The van der Waals surface area contributed by atoms with E-state index in [9.17, 15) is 13.2 Å². The van der Waals surface area contributed by atoms with E-state index < -0.39 is 16.1 Å². The average molecular weight is 431 g/mol. The first-order chi connectivity index (χ1) is 14.3.